The van der Waals surface area contributed by atoms with Crippen molar-refractivity contribution in [2.45, 2.75) is 12.8 Å². The van der Waals surface area contributed by atoms with Gasteiger partial charge in [-0.25, -0.2) is 0 Å². The van der Waals surface area contributed by atoms with E-state index in [4.69, 9.17) is 0 Å². The first-order valence-corrected chi connectivity index (χ1v) is 4.30. The SMILES string of the molecule is O=C1C=C(C2=CN=CCC2=O)N=CC1. The molecular formula is C10H8N2O2. The third kappa shape index (κ3) is 1.59. The van der Waals surface area contributed by atoms with E-state index in [1.54, 1.807) is 6.21 Å². The molecule has 0 aromatic carbocycles. The van der Waals surface area contributed by atoms with E-state index in [0.29, 0.717) is 17.7 Å². The molecule has 0 saturated carbocycles. The third-order valence-corrected chi connectivity index (χ3v) is 1.98. The van der Waals surface area contributed by atoms with Crippen molar-refractivity contribution in [3.63, 3.8) is 0 Å². The zero-order valence-electron chi connectivity index (χ0n) is 7.43. The molecule has 0 aromatic heterocycles. The molecule has 0 bridgehead atoms. The maximum Gasteiger partial charge on any atom is 0.171 e. The molecule has 0 unspecified atom stereocenters. The molecule has 0 radical (unpaired) electrons. The molecule has 0 atom stereocenters. The lowest BCUT2D eigenvalue weighted by atomic mass is 10.0. The number of hydrogen-bond donors (Lipinski definition) is 0. The van der Waals surface area contributed by atoms with Gasteiger partial charge in [-0.1, -0.05) is 0 Å². The molecule has 0 N–H and O–H groups in total. The second-order valence-electron chi connectivity index (χ2n) is 3.01. The molecule has 2 aliphatic heterocycles. The minimum Gasteiger partial charge on any atom is -0.294 e. The van der Waals surface area contributed by atoms with Crippen LogP contribution in [0.5, 0.6) is 0 Å². The quantitative estimate of drug-likeness (QED) is 0.612. The summed E-state index contributed by atoms with van der Waals surface area (Å²) in [7, 11) is 0. The first-order valence-electron chi connectivity index (χ1n) is 4.30. The Bertz CT molecular complexity index is 414. The van der Waals surface area contributed by atoms with Gasteiger partial charge in [0.05, 0.1) is 11.3 Å². The molecular weight excluding hydrogens is 180 g/mol. The Morgan fingerprint density at radius 1 is 1.14 bits per heavy atom. The van der Waals surface area contributed by atoms with Gasteiger partial charge in [-0.15, -0.1) is 0 Å². The van der Waals surface area contributed by atoms with Crippen LogP contribution in [0.15, 0.2) is 33.5 Å². The van der Waals surface area contributed by atoms with Crippen LogP contribution in [0.4, 0.5) is 0 Å². The van der Waals surface area contributed by atoms with Gasteiger partial charge in [0.15, 0.2) is 11.6 Å². The van der Waals surface area contributed by atoms with Gasteiger partial charge < -0.3 is 0 Å². The van der Waals surface area contributed by atoms with Gasteiger partial charge in [0, 0.05) is 37.5 Å². The van der Waals surface area contributed by atoms with E-state index in [1.807, 2.05) is 0 Å². The zero-order chi connectivity index (χ0) is 9.97. The summed E-state index contributed by atoms with van der Waals surface area (Å²) >= 11 is 0. The molecule has 2 heterocycles. The van der Waals surface area contributed by atoms with Crippen molar-refractivity contribution < 1.29 is 9.59 Å². The second-order valence-corrected chi connectivity index (χ2v) is 3.01. The van der Waals surface area contributed by atoms with E-state index in [2.05, 4.69) is 9.98 Å². The highest BCUT2D eigenvalue weighted by atomic mass is 16.1. The maximum absolute atomic E-state index is 11.4. The summed E-state index contributed by atoms with van der Waals surface area (Å²) in [4.78, 5) is 30.4. The number of ketones is 2. The van der Waals surface area contributed by atoms with Crippen molar-refractivity contribution >= 4 is 24.0 Å². The van der Waals surface area contributed by atoms with Crippen LogP contribution in [0.2, 0.25) is 0 Å². The van der Waals surface area contributed by atoms with Crippen LogP contribution in [-0.2, 0) is 9.59 Å². The molecule has 4 nitrogen and oxygen atoms in total. The van der Waals surface area contributed by atoms with E-state index >= 15 is 0 Å². The molecule has 4 heteroatoms. The van der Waals surface area contributed by atoms with E-state index in [1.165, 1.54) is 18.5 Å². The molecule has 0 fully saturated rings. The smallest absolute Gasteiger partial charge is 0.171 e. The van der Waals surface area contributed by atoms with Gasteiger partial charge >= 0.3 is 0 Å². The zero-order valence-corrected chi connectivity index (χ0v) is 7.43. The standard InChI is InChI=1S/C10H8N2O2/c13-7-1-4-12-9(5-7)8-6-11-3-2-10(8)14/h3-6H,1-2H2. The monoisotopic (exact) mass is 188 g/mol. The molecule has 0 amide bonds. The minimum absolute atomic E-state index is 0.0294. The number of hydrogen-bond acceptors (Lipinski definition) is 4. The molecule has 2 aliphatic rings. The van der Waals surface area contributed by atoms with Gasteiger partial charge in [0.25, 0.3) is 0 Å². The van der Waals surface area contributed by atoms with Crippen LogP contribution in [0.1, 0.15) is 12.8 Å². The van der Waals surface area contributed by atoms with E-state index in [0.717, 1.165) is 0 Å². The number of Topliss-reactive ketones (excluding diaryl/α,β-unsaturated/α-hetero) is 1. The van der Waals surface area contributed by atoms with Crippen molar-refractivity contribution in [1.82, 2.24) is 0 Å². The van der Waals surface area contributed by atoms with E-state index < -0.39 is 0 Å². The number of allylic oxidation sites excluding steroid dienone is 2. The fourth-order valence-electron chi connectivity index (χ4n) is 1.28. The third-order valence-electron chi connectivity index (χ3n) is 1.98. The average Bonchev–Trinajstić information content (AvgIpc) is 2.18. The first-order chi connectivity index (χ1) is 6.77. The summed E-state index contributed by atoms with van der Waals surface area (Å²) in [5.41, 5.74) is 0.861. The molecule has 2 rings (SSSR count). The summed E-state index contributed by atoms with van der Waals surface area (Å²) < 4.78 is 0. The van der Waals surface area contributed by atoms with Crippen molar-refractivity contribution in [2.24, 2.45) is 9.98 Å². The van der Waals surface area contributed by atoms with Crippen molar-refractivity contribution in [3.05, 3.63) is 23.5 Å². The van der Waals surface area contributed by atoms with Crippen LogP contribution in [0.25, 0.3) is 0 Å². The van der Waals surface area contributed by atoms with Crippen LogP contribution in [-0.4, -0.2) is 24.0 Å². The fraction of sp³-hybridized carbons (Fsp3) is 0.200. The maximum atomic E-state index is 11.4. The predicted octanol–water partition coefficient (Wildman–Crippen LogP) is 0.841. The normalized spacial score (nSPS) is 20.9. The lowest BCUT2D eigenvalue weighted by molar-refractivity contribution is -0.114. The van der Waals surface area contributed by atoms with Gasteiger partial charge in [-0.3, -0.25) is 19.6 Å². The highest BCUT2D eigenvalue weighted by Crippen LogP contribution is 2.18. The highest BCUT2D eigenvalue weighted by molar-refractivity contribution is 6.11. The lowest BCUT2D eigenvalue weighted by Gasteiger charge is -2.09. The minimum atomic E-state index is -0.0434. The van der Waals surface area contributed by atoms with Gasteiger partial charge in [-0.2, -0.15) is 0 Å². The topological polar surface area (TPSA) is 58.9 Å². The number of rotatable bonds is 1. The largest absolute Gasteiger partial charge is 0.294 e. The summed E-state index contributed by atoms with van der Waals surface area (Å²) in [6.45, 7) is 0. The van der Waals surface area contributed by atoms with Crippen LogP contribution in [0, 0.1) is 0 Å². The Kier molecular flexibility index (Phi) is 2.18. The van der Waals surface area contributed by atoms with Crippen molar-refractivity contribution in [1.29, 1.82) is 0 Å². The molecule has 0 aliphatic carbocycles. The fourth-order valence-corrected chi connectivity index (χ4v) is 1.28. The second kappa shape index (κ2) is 3.49. The Labute approximate surface area is 80.7 Å². The molecule has 0 aromatic rings. The number of carbonyl (C=O) groups is 2. The van der Waals surface area contributed by atoms with Gasteiger partial charge in [-0.05, 0) is 0 Å². The Morgan fingerprint density at radius 2 is 2.00 bits per heavy atom. The summed E-state index contributed by atoms with van der Waals surface area (Å²) in [5, 5.41) is 0. The van der Waals surface area contributed by atoms with Crippen molar-refractivity contribution in [2.75, 3.05) is 0 Å². The Morgan fingerprint density at radius 3 is 2.71 bits per heavy atom. The highest BCUT2D eigenvalue weighted by Gasteiger charge is 2.18. The van der Waals surface area contributed by atoms with E-state index in [-0.39, 0.29) is 18.0 Å². The molecule has 70 valence electrons. The average molecular weight is 188 g/mol. The summed E-state index contributed by atoms with van der Waals surface area (Å²) in [6.07, 6.45) is 6.50. The Balaban J connectivity index is 2.35. The van der Waals surface area contributed by atoms with Gasteiger partial charge in [0.2, 0.25) is 0 Å². The lowest BCUT2D eigenvalue weighted by Crippen LogP contribution is -2.11. The number of nitrogens with zero attached hydrogens (tertiary/aromatic N) is 2. The number of aliphatic imine (C=N–C) groups is 2. The molecule has 14 heavy (non-hydrogen) atoms. The van der Waals surface area contributed by atoms with Crippen LogP contribution < -0.4 is 0 Å². The van der Waals surface area contributed by atoms with Crippen LogP contribution in [0.3, 0.4) is 0 Å². The Hall–Kier alpha value is -1.84. The molecule has 0 saturated heterocycles. The summed E-state index contributed by atoms with van der Waals surface area (Å²) in [5.74, 6) is -0.0728. The van der Waals surface area contributed by atoms with Crippen molar-refractivity contribution in [3.8, 4) is 0 Å². The van der Waals surface area contributed by atoms with E-state index in [9.17, 15) is 9.59 Å². The van der Waals surface area contributed by atoms with Gasteiger partial charge in [0.1, 0.15) is 0 Å². The first kappa shape index (κ1) is 8.74. The predicted molar refractivity (Wildman–Crippen MR) is 52.4 cm³/mol. The summed E-state index contributed by atoms with van der Waals surface area (Å²) in [6, 6.07) is 0. The van der Waals surface area contributed by atoms with Crippen LogP contribution >= 0.6 is 0 Å². The number of carbonyl (C=O) groups excluding carboxylic acids is 2. The molecule has 0 spiro atoms.